The maximum Gasteiger partial charge on any atom is 0.144 e. The summed E-state index contributed by atoms with van der Waals surface area (Å²) in [6.45, 7) is 8.91. The Morgan fingerprint density at radius 2 is 1.85 bits per heavy atom. The molecule has 0 aromatic heterocycles. The molecule has 3 nitrogen and oxygen atoms in total. The van der Waals surface area contributed by atoms with Gasteiger partial charge in [-0.15, -0.1) is 0 Å². The van der Waals surface area contributed by atoms with Crippen LogP contribution in [0.4, 0.5) is 0 Å². The molecule has 0 amide bonds. The van der Waals surface area contributed by atoms with Gasteiger partial charge < -0.3 is 10.1 Å². The van der Waals surface area contributed by atoms with Crippen molar-refractivity contribution in [2.24, 2.45) is 10.6 Å². The Kier molecular flexibility index (Phi) is 2.30. The largest absolute Gasteiger partial charge is 0.409 e. The third-order valence-electron chi connectivity index (χ3n) is 3.97. The van der Waals surface area contributed by atoms with E-state index in [0.29, 0.717) is 0 Å². The number of amidine groups is 1. The first-order valence-corrected chi connectivity index (χ1v) is 4.78. The summed E-state index contributed by atoms with van der Waals surface area (Å²) in [6.07, 6.45) is 1.94. The molecule has 0 aromatic carbocycles. The Hall–Kier alpha value is -0.730. The third-order valence-corrected chi connectivity index (χ3v) is 3.97. The number of hydrogen-bond donors (Lipinski definition) is 1. The van der Waals surface area contributed by atoms with Crippen molar-refractivity contribution in [3.05, 3.63) is 0 Å². The van der Waals surface area contributed by atoms with E-state index in [9.17, 15) is 0 Å². The molecule has 0 atom stereocenters. The predicted octanol–water partition coefficient (Wildman–Crippen LogP) is 2.30. The molecule has 3 heteroatoms. The fourth-order valence-electron chi connectivity index (χ4n) is 1.79. The molecule has 1 aliphatic heterocycles. The van der Waals surface area contributed by atoms with Crippen molar-refractivity contribution < 1.29 is 5.21 Å². The number of nitrogens with zero attached hydrogens (tertiary/aromatic N) is 2. The Balaban J connectivity index is 2.99. The first kappa shape index (κ1) is 10.4. The van der Waals surface area contributed by atoms with E-state index in [0.717, 1.165) is 18.7 Å². The van der Waals surface area contributed by atoms with Gasteiger partial charge in [0.05, 0.1) is 0 Å². The molecule has 0 aliphatic carbocycles. The van der Waals surface area contributed by atoms with E-state index in [-0.39, 0.29) is 11.0 Å². The zero-order valence-electron chi connectivity index (χ0n) is 9.26. The minimum atomic E-state index is 0.0484. The van der Waals surface area contributed by atoms with Crippen LogP contribution in [0.5, 0.6) is 0 Å². The average Bonchev–Trinajstić information content (AvgIpc) is 2.02. The molecule has 76 valence electrons. The summed E-state index contributed by atoms with van der Waals surface area (Å²) >= 11 is 0. The smallest absolute Gasteiger partial charge is 0.144 e. The molecule has 0 aromatic rings. The standard InChI is InChI=1S/C10H20N2O/c1-9(2)7-6-8(11-13)12(5)10(9,3)4/h13H,6-7H2,1-5H3. The van der Waals surface area contributed by atoms with Crippen LogP contribution in [0.25, 0.3) is 0 Å². The lowest BCUT2D eigenvalue weighted by Gasteiger charge is -2.52. The number of oxime groups is 1. The number of rotatable bonds is 0. The summed E-state index contributed by atoms with van der Waals surface area (Å²) < 4.78 is 0. The van der Waals surface area contributed by atoms with Gasteiger partial charge in [-0.2, -0.15) is 0 Å². The van der Waals surface area contributed by atoms with E-state index in [1.807, 2.05) is 7.05 Å². The van der Waals surface area contributed by atoms with Gasteiger partial charge >= 0.3 is 0 Å². The summed E-state index contributed by atoms with van der Waals surface area (Å²) in [4.78, 5) is 2.08. The summed E-state index contributed by atoms with van der Waals surface area (Å²) in [5.74, 6) is 0.796. The van der Waals surface area contributed by atoms with E-state index in [2.05, 4.69) is 37.8 Å². The van der Waals surface area contributed by atoms with Gasteiger partial charge in [-0.25, -0.2) is 0 Å². The van der Waals surface area contributed by atoms with E-state index >= 15 is 0 Å². The van der Waals surface area contributed by atoms with Gasteiger partial charge in [0.2, 0.25) is 0 Å². The maximum atomic E-state index is 8.81. The molecule has 0 bridgehead atoms. The van der Waals surface area contributed by atoms with Gasteiger partial charge in [0.1, 0.15) is 5.84 Å². The topological polar surface area (TPSA) is 35.8 Å². The number of piperidine rings is 1. The van der Waals surface area contributed by atoms with E-state index in [4.69, 9.17) is 5.21 Å². The van der Waals surface area contributed by atoms with Crippen LogP contribution in [0.3, 0.4) is 0 Å². The van der Waals surface area contributed by atoms with Gasteiger partial charge in [0, 0.05) is 19.0 Å². The van der Waals surface area contributed by atoms with Crippen molar-refractivity contribution in [1.29, 1.82) is 0 Å². The normalized spacial score (nSPS) is 29.3. The molecule has 1 rings (SSSR count). The summed E-state index contributed by atoms with van der Waals surface area (Å²) in [7, 11) is 2.00. The Bertz CT molecular complexity index is 231. The van der Waals surface area contributed by atoms with Crippen LogP contribution in [0.15, 0.2) is 5.16 Å². The van der Waals surface area contributed by atoms with Crippen LogP contribution < -0.4 is 0 Å². The van der Waals surface area contributed by atoms with Crippen LogP contribution in [0, 0.1) is 5.41 Å². The highest BCUT2D eigenvalue weighted by Gasteiger charge is 2.44. The molecular weight excluding hydrogens is 164 g/mol. The fraction of sp³-hybridized carbons (Fsp3) is 0.900. The van der Waals surface area contributed by atoms with Crippen molar-refractivity contribution in [2.75, 3.05) is 7.05 Å². The zero-order valence-corrected chi connectivity index (χ0v) is 9.26. The molecule has 1 aliphatic rings. The number of hydrogen-bond acceptors (Lipinski definition) is 2. The Morgan fingerprint density at radius 1 is 1.31 bits per heavy atom. The lowest BCUT2D eigenvalue weighted by Crippen LogP contribution is -2.58. The second kappa shape index (κ2) is 2.89. The fourth-order valence-corrected chi connectivity index (χ4v) is 1.79. The molecule has 0 unspecified atom stereocenters. The van der Waals surface area contributed by atoms with E-state index < -0.39 is 0 Å². The SMILES string of the molecule is CN1C(=NO)CCC(C)(C)C1(C)C. The summed E-state index contributed by atoms with van der Waals surface area (Å²) in [6, 6.07) is 0. The number of likely N-dealkylation sites (tertiary alicyclic amines) is 1. The zero-order chi connectivity index (χ0) is 10.3. The molecule has 1 saturated heterocycles. The van der Waals surface area contributed by atoms with Crippen molar-refractivity contribution in [1.82, 2.24) is 4.90 Å². The monoisotopic (exact) mass is 184 g/mol. The van der Waals surface area contributed by atoms with Gasteiger partial charge in [-0.3, -0.25) is 0 Å². The molecule has 13 heavy (non-hydrogen) atoms. The molecule has 1 heterocycles. The van der Waals surface area contributed by atoms with Crippen molar-refractivity contribution in [3.8, 4) is 0 Å². The highest BCUT2D eigenvalue weighted by molar-refractivity contribution is 5.83. The maximum absolute atomic E-state index is 8.81. The van der Waals surface area contributed by atoms with Crippen LogP contribution in [-0.4, -0.2) is 28.5 Å². The lowest BCUT2D eigenvalue weighted by molar-refractivity contribution is 0.0494. The second-order valence-corrected chi connectivity index (χ2v) is 5.02. The van der Waals surface area contributed by atoms with Crippen LogP contribution in [0.1, 0.15) is 40.5 Å². The van der Waals surface area contributed by atoms with Gasteiger partial charge in [0.25, 0.3) is 0 Å². The lowest BCUT2D eigenvalue weighted by atomic mass is 9.68. The van der Waals surface area contributed by atoms with Gasteiger partial charge in [0.15, 0.2) is 0 Å². The highest BCUT2D eigenvalue weighted by atomic mass is 16.4. The molecule has 0 spiro atoms. The molecular formula is C10H20N2O. The molecule has 1 N–H and O–H groups in total. The predicted molar refractivity (Wildman–Crippen MR) is 54.1 cm³/mol. The minimum absolute atomic E-state index is 0.0484. The summed E-state index contributed by atoms with van der Waals surface area (Å²) in [5, 5.41) is 12.1. The highest BCUT2D eigenvalue weighted by Crippen LogP contribution is 2.43. The molecule has 1 fully saturated rings. The van der Waals surface area contributed by atoms with Crippen molar-refractivity contribution in [3.63, 3.8) is 0 Å². The van der Waals surface area contributed by atoms with Gasteiger partial charge in [-0.05, 0) is 25.7 Å². The third kappa shape index (κ3) is 1.40. The van der Waals surface area contributed by atoms with Crippen LogP contribution >= 0.6 is 0 Å². The Morgan fingerprint density at radius 3 is 2.31 bits per heavy atom. The first-order chi connectivity index (χ1) is 5.83. The average molecular weight is 184 g/mol. The summed E-state index contributed by atoms with van der Waals surface area (Å²) in [5.41, 5.74) is 0.308. The second-order valence-electron chi connectivity index (χ2n) is 5.02. The first-order valence-electron chi connectivity index (χ1n) is 4.78. The van der Waals surface area contributed by atoms with Crippen LogP contribution in [-0.2, 0) is 0 Å². The van der Waals surface area contributed by atoms with Crippen molar-refractivity contribution >= 4 is 5.84 Å². The van der Waals surface area contributed by atoms with Crippen LogP contribution in [0.2, 0.25) is 0 Å². The molecule has 0 saturated carbocycles. The van der Waals surface area contributed by atoms with E-state index in [1.165, 1.54) is 0 Å². The quantitative estimate of drug-likeness (QED) is 0.463. The Labute approximate surface area is 80.4 Å². The van der Waals surface area contributed by atoms with Crippen molar-refractivity contribution in [2.45, 2.75) is 46.1 Å². The molecule has 0 radical (unpaired) electrons. The minimum Gasteiger partial charge on any atom is -0.409 e. The van der Waals surface area contributed by atoms with E-state index in [1.54, 1.807) is 0 Å². The van der Waals surface area contributed by atoms with Gasteiger partial charge in [-0.1, -0.05) is 19.0 Å².